The van der Waals surface area contributed by atoms with Gasteiger partial charge < -0.3 is 20.0 Å². The van der Waals surface area contributed by atoms with Crippen LogP contribution < -0.4 is 0 Å². The summed E-state index contributed by atoms with van der Waals surface area (Å²) in [5.74, 6) is -1.84. The molecule has 2 heterocycles. The van der Waals surface area contributed by atoms with Crippen LogP contribution in [0.2, 0.25) is 0 Å². The molecule has 0 saturated carbocycles. The van der Waals surface area contributed by atoms with Crippen molar-refractivity contribution in [2.45, 2.75) is 24.9 Å². The maximum Gasteiger partial charge on any atom is 0.321 e. The van der Waals surface area contributed by atoms with Crippen LogP contribution in [-0.4, -0.2) is 112 Å². The molecule has 2 fully saturated rings. The second kappa shape index (κ2) is 12.0. The SMILES string of the molecule is O=C(O)C(Cc1ccccc1)N1CCN2CCN(CCN(C(Cc3ccccc3)C(=O)O)CC1)C2=O. The molecule has 0 radical (unpaired) electrons. The predicted octanol–water partition coefficient (Wildman–Crippen LogP) is 1.73. The van der Waals surface area contributed by atoms with Crippen molar-refractivity contribution in [3.63, 3.8) is 0 Å². The number of urea groups is 1. The summed E-state index contributed by atoms with van der Waals surface area (Å²) >= 11 is 0. The van der Waals surface area contributed by atoms with Crippen LogP contribution in [0.4, 0.5) is 4.79 Å². The van der Waals surface area contributed by atoms with E-state index in [2.05, 4.69) is 0 Å². The summed E-state index contributed by atoms with van der Waals surface area (Å²) in [4.78, 5) is 45.0. The zero-order valence-corrected chi connectivity index (χ0v) is 20.4. The molecule has 0 spiro atoms. The lowest BCUT2D eigenvalue weighted by Gasteiger charge is -2.34. The van der Waals surface area contributed by atoms with Gasteiger partial charge in [-0.1, -0.05) is 60.7 Å². The minimum absolute atomic E-state index is 0.0679. The summed E-state index contributed by atoms with van der Waals surface area (Å²) in [7, 11) is 0. The van der Waals surface area contributed by atoms with Gasteiger partial charge in [-0.2, -0.15) is 0 Å². The topological polar surface area (TPSA) is 105 Å². The minimum atomic E-state index is -0.922. The van der Waals surface area contributed by atoms with Gasteiger partial charge in [0.1, 0.15) is 12.1 Å². The van der Waals surface area contributed by atoms with E-state index in [1.165, 1.54) is 0 Å². The smallest absolute Gasteiger partial charge is 0.321 e. The number of nitrogens with zero attached hydrogens (tertiary/aromatic N) is 4. The van der Waals surface area contributed by atoms with Crippen molar-refractivity contribution in [1.82, 2.24) is 19.6 Å². The molecular weight excluding hydrogens is 460 g/mol. The van der Waals surface area contributed by atoms with Gasteiger partial charge in [0.25, 0.3) is 0 Å². The zero-order valence-electron chi connectivity index (χ0n) is 20.4. The van der Waals surface area contributed by atoms with Gasteiger partial charge in [-0.3, -0.25) is 19.4 Å². The lowest BCUT2D eigenvalue weighted by molar-refractivity contribution is -0.145. The molecule has 2 aromatic carbocycles. The minimum Gasteiger partial charge on any atom is -0.480 e. The first-order valence-electron chi connectivity index (χ1n) is 12.5. The third-order valence-corrected chi connectivity index (χ3v) is 7.16. The lowest BCUT2D eigenvalue weighted by atomic mass is 10.0. The Kier molecular flexibility index (Phi) is 8.56. The molecule has 0 aliphatic carbocycles. The third-order valence-electron chi connectivity index (χ3n) is 7.16. The highest BCUT2D eigenvalue weighted by molar-refractivity contribution is 5.77. The van der Waals surface area contributed by atoms with Gasteiger partial charge in [-0.05, 0) is 24.0 Å². The molecule has 2 saturated heterocycles. The van der Waals surface area contributed by atoms with Crippen molar-refractivity contribution in [2.75, 3.05) is 52.4 Å². The number of carboxylic acids is 2. The van der Waals surface area contributed by atoms with Crippen LogP contribution in [0.3, 0.4) is 0 Å². The Morgan fingerprint density at radius 2 is 0.944 bits per heavy atom. The second-order valence-electron chi connectivity index (χ2n) is 9.42. The molecule has 2 atom stereocenters. The van der Waals surface area contributed by atoms with E-state index in [0.717, 1.165) is 11.1 Å². The van der Waals surface area contributed by atoms with E-state index in [4.69, 9.17) is 0 Å². The molecule has 4 rings (SSSR count). The fourth-order valence-corrected chi connectivity index (χ4v) is 5.07. The molecule has 192 valence electrons. The molecule has 9 nitrogen and oxygen atoms in total. The summed E-state index contributed by atoms with van der Waals surface area (Å²) in [5.41, 5.74) is 1.85. The number of carboxylic acid groups (broad SMARTS) is 2. The van der Waals surface area contributed by atoms with E-state index in [0.29, 0.717) is 65.2 Å². The predicted molar refractivity (Wildman–Crippen MR) is 135 cm³/mol. The standard InChI is InChI=1S/C27H34N4O5/c32-25(33)23(19-21-7-3-1-4-8-21)28-11-12-29(14-16-31-18-17-30(15-13-28)27(31)36)24(26(34)35)20-22-9-5-2-6-10-22/h1-10,23-24H,11-20H2,(H,32,33)(H,34,35). The molecule has 2 bridgehead atoms. The van der Waals surface area contributed by atoms with Crippen molar-refractivity contribution in [1.29, 1.82) is 0 Å². The van der Waals surface area contributed by atoms with E-state index in [9.17, 15) is 24.6 Å². The average molecular weight is 495 g/mol. The summed E-state index contributed by atoms with van der Waals surface area (Å²) < 4.78 is 0. The van der Waals surface area contributed by atoms with Gasteiger partial charge in [-0.15, -0.1) is 0 Å². The van der Waals surface area contributed by atoms with Crippen LogP contribution in [-0.2, 0) is 22.4 Å². The number of aliphatic carboxylic acids is 2. The highest BCUT2D eigenvalue weighted by atomic mass is 16.4. The number of carbonyl (C=O) groups is 3. The third kappa shape index (κ3) is 6.41. The number of benzene rings is 2. The Bertz CT molecular complexity index is 953. The van der Waals surface area contributed by atoms with Crippen LogP contribution in [0, 0.1) is 0 Å². The number of rotatable bonds is 8. The van der Waals surface area contributed by atoms with Crippen LogP contribution >= 0.6 is 0 Å². The van der Waals surface area contributed by atoms with Crippen molar-refractivity contribution in [3.05, 3.63) is 71.8 Å². The molecule has 2 aromatic rings. The van der Waals surface area contributed by atoms with E-state index in [-0.39, 0.29) is 6.03 Å². The number of amides is 2. The first-order valence-corrected chi connectivity index (χ1v) is 12.5. The van der Waals surface area contributed by atoms with Crippen LogP contribution in [0.5, 0.6) is 0 Å². The van der Waals surface area contributed by atoms with Crippen molar-refractivity contribution in [2.24, 2.45) is 0 Å². The lowest BCUT2D eigenvalue weighted by Crippen LogP contribution is -2.52. The molecule has 36 heavy (non-hydrogen) atoms. The molecule has 0 aromatic heterocycles. The van der Waals surface area contributed by atoms with Crippen molar-refractivity contribution in [3.8, 4) is 0 Å². The van der Waals surface area contributed by atoms with Crippen LogP contribution in [0.1, 0.15) is 11.1 Å². The van der Waals surface area contributed by atoms with Gasteiger partial charge in [-0.25, -0.2) is 4.79 Å². The van der Waals surface area contributed by atoms with Gasteiger partial charge in [0, 0.05) is 52.4 Å². The average Bonchev–Trinajstić information content (AvgIpc) is 3.21. The normalized spacial score (nSPS) is 19.5. The Balaban J connectivity index is 1.59. The molecular formula is C27H34N4O5. The molecule has 9 heteroatoms. The Hall–Kier alpha value is -3.43. The fourth-order valence-electron chi connectivity index (χ4n) is 5.07. The summed E-state index contributed by atoms with van der Waals surface area (Å²) in [5, 5.41) is 20.3. The van der Waals surface area contributed by atoms with E-state index in [1.807, 2.05) is 70.5 Å². The maximum absolute atomic E-state index is 12.9. The number of hydrogen-bond acceptors (Lipinski definition) is 5. The first kappa shape index (κ1) is 25.7. The van der Waals surface area contributed by atoms with Crippen LogP contribution in [0.25, 0.3) is 0 Å². The zero-order chi connectivity index (χ0) is 25.5. The second-order valence-corrected chi connectivity index (χ2v) is 9.42. The fraction of sp³-hybridized carbons (Fsp3) is 0.444. The van der Waals surface area contributed by atoms with Crippen molar-refractivity contribution < 1.29 is 24.6 Å². The largest absolute Gasteiger partial charge is 0.480 e. The maximum atomic E-state index is 12.9. The Labute approximate surface area is 211 Å². The van der Waals surface area contributed by atoms with E-state index in [1.54, 1.807) is 9.80 Å². The summed E-state index contributed by atoms with van der Waals surface area (Å²) in [6, 6.07) is 17.4. The van der Waals surface area contributed by atoms with Crippen molar-refractivity contribution >= 4 is 18.0 Å². The summed E-state index contributed by atoms with van der Waals surface area (Å²) in [6.45, 7) is 3.68. The summed E-state index contributed by atoms with van der Waals surface area (Å²) in [6.07, 6.45) is 0.672. The van der Waals surface area contributed by atoms with Gasteiger partial charge in [0.2, 0.25) is 0 Å². The molecule has 2 N–H and O–H groups in total. The molecule has 2 aliphatic heterocycles. The van der Waals surface area contributed by atoms with E-state index >= 15 is 0 Å². The highest BCUT2D eigenvalue weighted by Gasteiger charge is 2.34. The highest BCUT2D eigenvalue weighted by Crippen LogP contribution is 2.17. The number of carbonyl (C=O) groups excluding carboxylic acids is 1. The van der Waals surface area contributed by atoms with Crippen LogP contribution in [0.15, 0.2) is 60.7 Å². The molecule has 2 unspecified atom stereocenters. The molecule has 2 amide bonds. The monoisotopic (exact) mass is 494 g/mol. The quantitative estimate of drug-likeness (QED) is 0.576. The van der Waals surface area contributed by atoms with E-state index < -0.39 is 24.0 Å². The van der Waals surface area contributed by atoms with Gasteiger partial charge >= 0.3 is 18.0 Å². The van der Waals surface area contributed by atoms with Gasteiger partial charge in [0.15, 0.2) is 0 Å². The number of fused-ring (bicyclic) bond motifs is 2. The Morgan fingerprint density at radius 3 is 1.31 bits per heavy atom. The first-order chi connectivity index (χ1) is 17.4. The Morgan fingerprint density at radius 1 is 0.611 bits per heavy atom. The molecule has 2 aliphatic rings. The number of hydrogen-bond donors (Lipinski definition) is 2. The van der Waals surface area contributed by atoms with Gasteiger partial charge in [0.05, 0.1) is 0 Å².